The molecule has 8 aromatic rings. The van der Waals surface area contributed by atoms with Crippen LogP contribution in [0.15, 0.2) is 199 Å². The lowest BCUT2D eigenvalue weighted by atomic mass is 9.77. The number of nitrogens with two attached hydrogens (primary N) is 1. The van der Waals surface area contributed by atoms with Gasteiger partial charge in [0.25, 0.3) is 10.0 Å². The average molecular weight is 1910 g/mol. The highest BCUT2D eigenvalue weighted by Crippen LogP contribution is 2.45. The van der Waals surface area contributed by atoms with Crippen LogP contribution in [0.5, 0.6) is 5.75 Å². The molecule has 1 saturated carbocycles. The monoisotopic (exact) mass is 1910 g/mol. The summed E-state index contributed by atoms with van der Waals surface area (Å²) in [6.45, 7) is 25.0. The number of carbonyl (C=O) groups excluding carboxylic acids is 11. The number of hydrogen-bond donors (Lipinski definition) is 13. The Kier molecular flexibility index (Phi) is 36.8. The van der Waals surface area contributed by atoms with Gasteiger partial charge in [0.15, 0.2) is 5.78 Å². The maximum Gasteiger partial charge on any atom is 0.308 e. The van der Waals surface area contributed by atoms with Crippen LogP contribution in [0.2, 0.25) is 0 Å². The standard InChI is InChI=1S/C105H137N15O17S/c1-66(2)55-79(106)92(125)116-84(63-134-100(6,7)8)94(127)110-61-88(123)112-80(53-38-54-108-99(107)119-138(132,133)91-68(4)67(3)90-78(69(91)5)59-103(15,16)137-90)95(128)117-85(64-135-101(9,10)11)98(131)115-83(58-89(124)136-102(12,13)14)97(130)114-82(57-87(122)118-104(71-41-26-18-27-42-71,72-43-28-19-29-44-72)73-45-30-20-31-46-73)96(129)113-81(93(126)109-60-86(121)70-39-24-17-25-40-70)56-77-62-120(65-111-77)105(74-47-32-21-33-48-74,75-49-34-22-35-50-75)76-51-36-23-37-52-76/h18-23,26-37,41-52,62,65-66,70,79-85H,17,24-25,38-40,53-61,63-64,106H2,1-16H3,(H,109,126)(H,110,127)(H,112,123)(H,113,129)(H,114,130)(H,115,131)(H,116,125)(H,117,128)(H,118,122)(H3,107,108,119)/t79-,80-,81-,82?,83-,84-,85-/m0/s1. The number of imidazole rings is 1. The Bertz CT molecular complexity index is 5490. The van der Waals surface area contributed by atoms with E-state index in [1.54, 1.807) is 132 Å². The van der Waals surface area contributed by atoms with Crippen molar-refractivity contribution >= 4 is 80.9 Å². The van der Waals surface area contributed by atoms with Crippen LogP contribution in [0.1, 0.15) is 216 Å². The van der Waals surface area contributed by atoms with Crippen LogP contribution in [0.4, 0.5) is 0 Å². The number of ketones is 1. The molecule has 7 aromatic carbocycles. The van der Waals surface area contributed by atoms with Gasteiger partial charge in [-0.1, -0.05) is 215 Å². The summed E-state index contributed by atoms with van der Waals surface area (Å²) in [6, 6.07) is 44.7. The van der Waals surface area contributed by atoms with Gasteiger partial charge in [-0.2, -0.15) is 0 Å². The van der Waals surface area contributed by atoms with E-state index in [4.69, 9.17) is 35.1 Å². The van der Waals surface area contributed by atoms with Gasteiger partial charge in [0.2, 0.25) is 59.1 Å². The van der Waals surface area contributed by atoms with E-state index in [1.807, 2.05) is 178 Å². The molecule has 9 amide bonds. The summed E-state index contributed by atoms with van der Waals surface area (Å²) < 4.78 is 57.1. The molecule has 138 heavy (non-hydrogen) atoms. The van der Waals surface area contributed by atoms with Crippen LogP contribution >= 0.6 is 0 Å². The number of esters is 1. The van der Waals surface area contributed by atoms with Gasteiger partial charge in [0.1, 0.15) is 64.3 Å². The number of hydrogen-bond acceptors (Lipinski definition) is 20. The topological polar surface area (TPSA) is 459 Å². The van der Waals surface area contributed by atoms with Crippen LogP contribution in [0.3, 0.4) is 0 Å². The second kappa shape index (κ2) is 47.4. The fraction of sp³-hybridized carbons (Fsp3) is 0.457. The number of fused-ring (bicyclic) bond motifs is 1. The quantitative estimate of drug-likeness (QED) is 0.00555. The van der Waals surface area contributed by atoms with Gasteiger partial charge >= 0.3 is 5.97 Å². The first-order valence-electron chi connectivity index (χ1n) is 47.2. The van der Waals surface area contributed by atoms with Gasteiger partial charge in [0, 0.05) is 37.1 Å². The van der Waals surface area contributed by atoms with Gasteiger partial charge in [-0.3, -0.25) is 58.1 Å². The fourth-order valence-corrected chi connectivity index (χ4v) is 18.9. The number of ether oxygens (including phenoxy) is 4. The minimum atomic E-state index is -4.44. The summed E-state index contributed by atoms with van der Waals surface area (Å²) in [6.07, 6.45) is 5.22. The summed E-state index contributed by atoms with van der Waals surface area (Å²) in [4.78, 5) is 170. The normalized spacial score (nSPS) is 15.0. The van der Waals surface area contributed by atoms with Gasteiger partial charge in [-0.05, 0) is 185 Å². The zero-order valence-corrected chi connectivity index (χ0v) is 82.8. The molecule has 1 fully saturated rings. The summed E-state index contributed by atoms with van der Waals surface area (Å²) in [7, 11) is -4.44. The molecule has 2 aliphatic rings. The molecule has 0 saturated heterocycles. The van der Waals surface area contributed by atoms with Gasteiger partial charge in [-0.15, -0.1) is 0 Å². The summed E-state index contributed by atoms with van der Waals surface area (Å²) >= 11 is 0. The van der Waals surface area contributed by atoms with E-state index in [1.165, 1.54) is 0 Å². The first kappa shape index (κ1) is 107. The third-order valence-electron chi connectivity index (χ3n) is 24.1. The maximum absolute atomic E-state index is 16.2. The molecule has 1 aliphatic heterocycles. The van der Waals surface area contributed by atoms with Crippen molar-refractivity contribution in [1.82, 2.24) is 67.4 Å². The largest absolute Gasteiger partial charge is 0.487 e. The molecule has 14 N–H and O–H groups in total. The van der Waals surface area contributed by atoms with E-state index in [-0.39, 0.29) is 67.0 Å². The highest BCUT2D eigenvalue weighted by molar-refractivity contribution is 7.90. The number of amides is 9. The van der Waals surface area contributed by atoms with Crippen molar-refractivity contribution in [3.05, 3.63) is 256 Å². The highest BCUT2D eigenvalue weighted by atomic mass is 32.2. The molecular formula is C105H137N15O17S. The van der Waals surface area contributed by atoms with Crippen LogP contribution < -0.4 is 68.4 Å². The van der Waals surface area contributed by atoms with Crippen LogP contribution in [-0.4, -0.2) is 186 Å². The van der Waals surface area contributed by atoms with Crippen molar-refractivity contribution in [3.63, 3.8) is 0 Å². The van der Waals surface area contributed by atoms with E-state index >= 15 is 28.8 Å². The smallest absolute Gasteiger partial charge is 0.308 e. The van der Waals surface area contributed by atoms with Crippen molar-refractivity contribution in [2.75, 3.05) is 32.8 Å². The molecule has 7 atom stereocenters. The van der Waals surface area contributed by atoms with Gasteiger partial charge < -0.3 is 82.4 Å². The molecule has 1 unspecified atom stereocenters. The molecule has 33 heteroatoms. The molecule has 10 rings (SSSR count). The predicted octanol–water partition coefficient (Wildman–Crippen LogP) is 9.71. The molecule has 32 nitrogen and oxygen atoms in total. The highest BCUT2D eigenvalue weighted by Gasteiger charge is 2.45. The van der Waals surface area contributed by atoms with Crippen LogP contribution in [0.25, 0.3) is 0 Å². The zero-order valence-electron chi connectivity index (χ0n) is 82.0. The minimum Gasteiger partial charge on any atom is -0.487 e. The second-order valence-corrected chi connectivity index (χ2v) is 41.1. The number of rotatable bonds is 44. The van der Waals surface area contributed by atoms with Crippen molar-refractivity contribution in [3.8, 4) is 5.75 Å². The third-order valence-corrected chi connectivity index (χ3v) is 25.7. The lowest BCUT2D eigenvalue weighted by molar-refractivity contribution is -0.157. The lowest BCUT2D eigenvalue weighted by Crippen LogP contribution is -2.61. The molecule has 0 spiro atoms. The van der Waals surface area contributed by atoms with Crippen LogP contribution in [0, 0.1) is 38.0 Å². The lowest BCUT2D eigenvalue weighted by Gasteiger charge is -2.37. The molecule has 740 valence electrons. The number of carbonyl (C=O) groups is 11. The summed E-state index contributed by atoms with van der Waals surface area (Å²) in [5.74, 6) is -10.5. The van der Waals surface area contributed by atoms with Gasteiger partial charge in [0.05, 0.1) is 73.3 Å². The van der Waals surface area contributed by atoms with E-state index in [9.17, 15) is 32.4 Å². The fourth-order valence-electron chi connectivity index (χ4n) is 17.3. The predicted molar refractivity (Wildman–Crippen MR) is 525 cm³/mol. The SMILES string of the molecule is Cc1c(C)c(S(=O)(=O)NC(=N)NCCC[C@H](NC(=O)CNC(=O)[C@H](COC(C)(C)C)NC(=O)[C@@H](N)CC(C)C)C(=O)N[C@@H](COC(C)(C)C)C(=O)N[C@@H](CC(=O)OC(C)(C)C)C(=O)NC(CC(=O)NC(c2ccccc2)(c2ccccc2)c2ccccc2)C(=O)N[C@@H](Cc2cn(C(c3ccccc3)(c3ccccc3)c3ccccc3)cn2)C(=O)NCC(=O)C2CCCCC2)c(C)c2c1OC(C)(C)C2. The Balaban J connectivity index is 1.01. The number of Topliss-reactive ketones (excluding diaryl/α,β-unsaturated/α-hetero) is 1. The van der Waals surface area contributed by atoms with E-state index in [2.05, 4.69) is 57.9 Å². The number of benzene rings is 7. The van der Waals surface area contributed by atoms with E-state index in [0.717, 1.165) is 36.0 Å². The minimum absolute atomic E-state index is 0.00888. The van der Waals surface area contributed by atoms with Crippen molar-refractivity contribution in [2.24, 2.45) is 17.6 Å². The zero-order chi connectivity index (χ0) is 101. The first-order chi connectivity index (χ1) is 65.2. The Morgan fingerprint density at radius 2 is 0.949 bits per heavy atom. The first-order valence-corrected chi connectivity index (χ1v) is 48.6. The molecule has 0 bridgehead atoms. The van der Waals surface area contributed by atoms with Crippen LogP contribution in [-0.2, 0) is 101 Å². The third kappa shape index (κ3) is 29.3. The van der Waals surface area contributed by atoms with Crippen molar-refractivity contribution in [1.29, 1.82) is 5.41 Å². The molecule has 0 radical (unpaired) electrons. The Morgan fingerprint density at radius 1 is 0.514 bits per heavy atom. The van der Waals surface area contributed by atoms with Crippen molar-refractivity contribution < 1.29 is 80.1 Å². The number of nitrogens with one attached hydrogen (secondary N) is 12. The Labute approximate surface area is 809 Å². The number of aromatic nitrogens is 2. The average Bonchev–Trinajstić information content (AvgIpc) is 1.39. The van der Waals surface area contributed by atoms with E-state index < -0.39 is 183 Å². The summed E-state index contributed by atoms with van der Waals surface area (Å²) in [5, 5.41) is 36.2. The second-order valence-electron chi connectivity index (χ2n) is 39.5. The van der Waals surface area contributed by atoms with E-state index in [0.29, 0.717) is 64.0 Å². The Hall–Kier alpha value is -13.0. The van der Waals surface area contributed by atoms with Crippen molar-refractivity contribution in [2.45, 2.75) is 269 Å². The number of nitrogens with zero attached hydrogens (tertiary/aromatic N) is 2. The molecular weight excluding hydrogens is 1780 g/mol. The molecule has 1 aromatic heterocycles. The molecule has 1 aliphatic carbocycles. The number of guanidine groups is 1. The summed E-state index contributed by atoms with van der Waals surface area (Å²) in [5.41, 5.74) is 6.63. The van der Waals surface area contributed by atoms with Gasteiger partial charge in [-0.25, -0.2) is 18.1 Å². The Morgan fingerprint density at radius 3 is 1.43 bits per heavy atom. The maximum atomic E-state index is 16.2. The number of sulfonamides is 1. The molecule has 2 heterocycles.